The van der Waals surface area contributed by atoms with E-state index in [2.05, 4.69) is 15.9 Å². The van der Waals surface area contributed by atoms with Crippen molar-refractivity contribution in [1.29, 1.82) is 0 Å². The van der Waals surface area contributed by atoms with Crippen LogP contribution in [0, 0.1) is 28.7 Å². The van der Waals surface area contributed by atoms with Gasteiger partial charge in [-0.25, -0.2) is 4.39 Å². The van der Waals surface area contributed by atoms with Crippen molar-refractivity contribution in [3.63, 3.8) is 0 Å². The van der Waals surface area contributed by atoms with Crippen LogP contribution in [0.5, 0.6) is 11.5 Å². The Morgan fingerprint density at radius 2 is 1.95 bits per heavy atom. The molecule has 0 atom stereocenters. The fourth-order valence-electron chi connectivity index (χ4n) is 1.56. The van der Waals surface area contributed by atoms with Crippen molar-refractivity contribution in [2.45, 2.75) is 6.92 Å². The Hall–Kier alpha value is -2.02. The topological polar surface area (TPSA) is 52.4 Å². The zero-order valence-corrected chi connectivity index (χ0v) is 11.8. The molecule has 0 heterocycles. The Bertz CT molecular complexity index is 692. The van der Waals surface area contributed by atoms with E-state index < -0.39 is 28.0 Å². The van der Waals surface area contributed by atoms with Crippen molar-refractivity contribution in [1.82, 2.24) is 0 Å². The highest BCUT2D eigenvalue weighted by atomic mass is 79.9. The van der Waals surface area contributed by atoms with Gasteiger partial charge in [-0.15, -0.1) is 0 Å². The fourth-order valence-corrected chi connectivity index (χ4v) is 2.14. The number of nitro groups is 1. The number of ether oxygens (including phenoxy) is 1. The van der Waals surface area contributed by atoms with Crippen molar-refractivity contribution >= 4 is 21.6 Å². The summed E-state index contributed by atoms with van der Waals surface area (Å²) in [5.41, 5.74) is 0.273. The first kappa shape index (κ1) is 14.4. The van der Waals surface area contributed by atoms with Crippen LogP contribution in [-0.4, -0.2) is 4.92 Å². The van der Waals surface area contributed by atoms with Gasteiger partial charge in [-0.2, -0.15) is 4.39 Å². The van der Waals surface area contributed by atoms with Crippen molar-refractivity contribution < 1.29 is 18.4 Å². The predicted molar refractivity (Wildman–Crippen MR) is 72.0 cm³/mol. The summed E-state index contributed by atoms with van der Waals surface area (Å²) in [5, 5.41) is 10.8. The predicted octanol–water partition coefficient (Wildman–Crippen LogP) is 4.74. The number of nitrogens with zero attached hydrogens (tertiary/aromatic N) is 1. The first-order valence-corrected chi connectivity index (χ1v) is 6.26. The van der Waals surface area contributed by atoms with E-state index in [0.717, 1.165) is 11.6 Å². The Morgan fingerprint density at radius 3 is 2.55 bits per heavy atom. The van der Waals surface area contributed by atoms with E-state index in [0.29, 0.717) is 10.5 Å². The summed E-state index contributed by atoms with van der Waals surface area (Å²) < 4.78 is 32.5. The molecule has 0 fully saturated rings. The number of hydrogen-bond donors (Lipinski definition) is 0. The first-order valence-electron chi connectivity index (χ1n) is 5.46. The molecule has 0 N–H and O–H groups in total. The molecule has 0 amide bonds. The third kappa shape index (κ3) is 2.77. The Labute approximate surface area is 121 Å². The molecule has 0 bridgehead atoms. The minimum atomic E-state index is -1.40. The van der Waals surface area contributed by atoms with Crippen LogP contribution < -0.4 is 4.74 Å². The van der Waals surface area contributed by atoms with Crippen molar-refractivity contribution in [2.75, 3.05) is 0 Å². The molecule has 0 aliphatic rings. The minimum absolute atomic E-state index is 0.156. The molecule has 0 aromatic heterocycles. The Kier molecular flexibility index (Phi) is 3.99. The molecule has 0 radical (unpaired) electrons. The molecule has 4 nitrogen and oxygen atoms in total. The van der Waals surface area contributed by atoms with Gasteiger partial charge in [0.1, 0.15) is 5.75 Å². The molecule has 0 aliphatic carbocycles. The molecule has 20 heavy (non-hydrogen) atoms. The summed E-state index contributed by atoms with van der Waals surface area (Å²) >= 11 is 3.20. The van der Waals surface area contributed by atoms with Crippen LogP contribution in [0.3, 0.4) is 0 Å². The second kappa shape index (κ2) is 5.54. The molecule has 0 unspecified atom stereocenters. The molecule has 0 aliphatic heterocycles. The molecular formula is C13H8BrF2NO3. The summed E-state index contributed by atoms with van der Waals surface area (Å²) in [5.74, 6) is -3.21. The molecule has 2 rings (SSSR count). The van der Waals surface area contributed by atoms with E-state index in [4.69, 9.17) is 4.74 Å². The van der Waals surface area contributed by atoms with Crippen LogP contribution in [0.1, 0.15) is 5.56 Å². The van der Waals surface area contributed by atoms with Gasteiger partial charge in [0.2, 0.25) is 11.6 Å². The molecule has 0 saturated heterocycles. The lowest BCUT2D eigenvalue weighted by Crippen LogP contribution is -1.99. The molecule has 2 aromatic carbocycles. The quantitative estimate of drug-likeness (QED) is 0.597. The van der Waals surface area contributed by atoms with Gasteiger partial charge >= 0.3 is 5.69 Å². The Morgan fingerprint density at radius 1 is 1.25 bits per heavy atom. The van der Waals surface area contributed by atoms with Crippen molar-refractivity contribution in [3.05, 3.63) is 62.1 Å². The molecule has 7 heteroatoms. The number of nitro benzene ring substituents is 1. The third-order valence-corrected chi connectivity index (χ3v) is 3.15. The lowest BCUT2D eigenvalue weighted by Gasteiger charge is -2.09. The van der Waals surface area contributed by atoms with Gasteiger partial charge in [0.05, 0.1) is 9.40 Å². The highest BCUT2D eigenvalue weighted by molar-refractivity contribution is 9.10. The van der Waals surface area contributed by atoms with Gasteiger partial charge in [0.15, 0.2) is 5.82 Å². The summed E-state index contributed by atoms with van der Waals surface area (Å²) in [4.78, 5) is 10.0. The SMILES string of the molecule is Cc1ccc(Oc2c([N+](=O)[O-])ccc(F)c2F)c(Br)c1. The van der Waals surface area contributed by atoms with E-state index in [-0.39, 0.29) is 5.75 Å². The zero-order valence-electron chi connectivity index (χ0n) is 10.2. The van der Waals surface area contributed by atoms with Gasteiger partial charge in [0.25, 0.3) is 0 Å². The third-order valence-electron chi connectivity index (χ3n) is 2.53. The number of aryl methyl sites for hydroxylation is 1. The Balaban J connectivity index is 2.52. The zero-order chi connectivity index (χ0) is 14.9. The molecule has 2 aromatic rings. The van der Waals surface area contributed by atoms with Crippen LogP contribution in [0.25, 0.3) is 0 Å². The second-order valence-corrected chi connectivity index (χ2v) is 4.86. The van der Waals surface area contributed by atoms with Gasteiger partial charge in [-0.3, -0.25) is 10.1 Å². The summed E-state index contributed by atoms with van der Waals surface area (Å²) in [6.07, 6.45) is 0. The average molecular weight is 344 g/mol. The lowest BCUT2D eigenvalue weighted by molar-refractivity contribution is -0.385. The monoisotopic (exact) mass is 343 g/mol. The highest BCUT2D eigenvalue weighted by Crippen LogP contribution is 2.38. The first-order chi connectivity index (χ1) is 9.40. The summed E-state index contributed by atoms with van der Waals surface area (Å²) in [6, 6.07) is 6.43. The van der Waals surface area contributed by atoms with Gasteiger partial charge in [-0.05, 0) is 46.6 Å². The van der Waals surface area contributed by atoms with Crippen LogP contribution in [-0.2, 0) is 0 Å². The smallest absolute Gasteiger partial charge is 0.314 e. The van der Waals surface area contributed by atoms with Crippen molar-refractivity contribution in [3.8, 4) is 11.5 Å². The fraction of sp³-hybridized carbons (Fsp3) is 0.0769. The number of hydrogen-bond acceptors (Lipinski definition) is 3. The van der Waals surface area contributed by atoms with Crippen LogP contribution >= 0.6 is 15.9 Å². The largest absolute Gasteiger partial charge is 0.446 e. The van der Waals surface area contributed by atoms with E-state index in [1.807, 2.05) is 6.92 Å². The summed E-state index contributed by atoms with van der Waals surface area (Å²) in [6.45, 7) is 1.83. The number of rotatable bonds is 3. The maximum Gasteiger partial charge on any atom is 0.314 e. The molecule has 0 spiro atoms. The van der Waals surface area contributed by atoms with E-state index in [9.17, 15) is 18.9 Å². The number of halogens is 3. The highest BCUT2D eigenvalue weighted by Gasteiger charge is 2.24. The van der Waals surface area contributed by atoms with Gasteiger partial charge in [-0.1, -0.05) is 6.07 Å². The average Bonchev–Trinajstić information content (AvgIpc) is 2.37. The van der Waals surface area contributed by atoms with Crippen molar-refractivity contribution in [2.24, 2.45) is 0 Å². The van der Waals surface area contributed by atoms with Crippen LogP contribution in [0.4, 0.5) is 14.5 Å². The normalized spacial score (nSPS) is 10.4. The lowest BCUT2D eigenvalue weighted by atomic mass is 10.2. The minimum Gasteiger partial charge on any atom is -0.446 e. The van der Waals surface area contributed by atoms with E-state index in [1.165, 1.54) is 6.07 Å². The van der Waals surface area contributed by atoms with E-state index in [1.54, 1.807) is 12.1 Å². The number of benzene rings is 2. The maximum absolute atomic E-state index is 13.7. The van der Waals surface area contributed by atoms with Crippen LogP contribution in [0.2, 0.25) is 0 Å². The molecular weight excluding hydrogens is 336 g/mol. The maximum atomic E-state index is 13.7. The second-order valence-electron chi connectivity index (χ2n) is 4.00. The molecule has 0 saturated carbocycles. The van der Waals surface area contributed by atoms with Gasteiger partial charge in [0, 0.05) is 6.07 Å². The van der Waals surface area contributed by atoms with E-state index >= 15 is 0 Å². The summed E-state index contributed by atoms with van der Waals surface area (Å²) in [7, 11) is 0. The molecule has 104 valence electrons. The van der Waals surface area contributed by atoms with Crippen LogP contribution in [0.15, 0.2) is 34.8 Å². The van der Waals surface area contributed by atoms with Gasteiger partial charge < -0.3 is 4.74 Å². The standard InChI is InChI=1S/C13H8BrF2NO3/c1-7-2-5-11(8(14)6-7)20-13-10(17(18)19)4-3-9(15)12(13)16/h2-6H,1H3.